The van der Waals surface area contributed by atoms with Crippen molar-refractivity contribution in [1.82, 2.24) is 9.29 Å². The topological polar surface area (TPSA) is 79.4 Å². The van der Waals surface area contributed by atoms with E-state index >= 15 is 0 Å². The van der Waals surface area contributed by atoms with Gasteiger partial charge < -0.3 is 5.32 Å². The molecule has 1 aromatic heterocycles. The van der Waals surface area contributed by atoms with E-state index in [9.17, 15) is 13.2 Å². The maximum atomic E-state index is 12.4. The first kappa shape index (κ1) is 17.9. The van der Waals surface area contributed by atoms with Crippen LogP contribution in [0, 0.1) is 5.92 Å². The van der Waals surface area contributed by atoms with Gasteiger partial charge in [-0.15, -0.1) is 0 Å². The Morgan fingerprint density at radius 3 is 2.50 bits per heavy atom. The van der Waals surface area contributed by atoms with Crippen LogP contribution in [-0.2, 0) is 14.8 Å². The molecule has 1 aromatic carbocycles. The van der Waals surface area contributed by atoms with Gasteiger partial charge in [-0.2, -0.15) is 0 Å². The molecule has 1 N–H and O–H groups in total. The summed E-state index contributed by atoms with van der Waals surface area (Å²) in [4.78, 5) is 16.7. The first-order chi connectivity index (χ1) is 11.3. The van der Waals surface area contributed by atoms with Crippen LogP contribution in [-0.4, -0.2) is 43.0 Å². The van der Waals surface area contributed by atoms with Crippen LogP contribution in [0.1, 0.15) is 12.8 Å². The van der Waals surface area contributed by atoms with Gasteiger partial charge >= 0.3 is 0 Å². The van der Waals surface area contributed by atoms with Crippen LogP contribution in [0.15, 0.2) is 12.1 Å². The molecule has 0 saturated carbocycles. The Labute approximate surface area is 153 Å². The minimum atomic E-state index is -3.20. The Bertz CT molecular complexity index is 851. The van der Waals surface area contributed by atoms with Gasteiger partial charge in [0.1, 0.15) is 5.52 Å². The number of nitrogens with zero attached hydrogens (tertiary/aromatic N) is 2. The van der Waals surface area contributed by atoms with Crippen LogP contribution < -0.4 is 5.32 Å². The molecule has 1 aliphatic rings. The van der Waals surface area contributed by atoms with Crippen molar-refractivity contribution in [1.29, 1.82) is 0 Å². The second kappa shape index (κ2) is 6.76. The van der Waals surface area contributed by atoms with Gasteiger partial charge in [0.05, 0.1) is 21.0 Å². The molecule has 0 unspecified atom stereocenters. The summed E-state index contributed by atoms with van der Waals surface area (Å²) >= 11 is 13.5. The summed E-state index contributed by atoms with van der Waals surface area (Å²) in [5.74, 6) is -0.393. The Hall–Kier alpha value is -0.930. The fraction of sp³-hybridized carbons (Fsp3) is 0.429. The van der Waals surface area contributed by atoms with E-state index in [0.717, 1.165) is 4.70 Å². The second-order valence-corrected chi connectivity index (χ2v) is 9.45. The first-order valence-corrected chi connectivity index (χ1v) is 10.7. The molecule has 130 valence electrons. The highest BCUT2D eigenvalue weighted by atomic mass is 35.5. The van der Waals surface area contributed by atoms with Crippen molar-refractivity contribution in [3.8, 4) is 0 Å². The van der Waals surface area contributed by atoms with Crippen molar-refractivity contribution in [2.45, 2.75) is 12.8 Å². The summed E-state index contributed by atoms with van der Waals surface area (Å²) in [7, 11) is -3.20. The number of nitrogens with one attached hydrogen (secondary N) is 1. The van der Waals surface area contributed by atoms with Gasteiger partial charge in [0, 0.05) is 19.0 Å². The van der Waals surface area contributed by atoms with E-state index in [4.69, 9.17) is 23.2 Å². The Morgan fingerprint density at radius 1 is 1.29 bits per heavy atom. The maximum Gasteiger partial charge on any atom is 0.229 e. The Kier molecular flexibility index (Phi) is 5.04. The SMILES string of the molecule is CS(=O)(=O)N1CCC(C(=O)Nc2nc3c(Cl)ccc(Cl)c3s2)CC1. The van der Waals surface area contributed by atoms with Gasteiger partial charge in [0.25, 0.3) is 0 Å². The summed E-state index contributed by atoms with van der Waals surface area (Å²) in [5.41, 5.74) is 0.566. The molecule has 0 bridgehead atoms. The van der Waals surface area contributed by atoms with Gasteiger partial charge in [-0.1, -0.05) is 34.5 Å². The molecular formula is C14H15Cl2N3O3S2. The maximum absolute atomic E-state index is 12.4. The average molecular weight is 408 g/mol. The third-order valence-electron chi connectivity index (χ3n) is 3.97. The molecular weight excluding hydrogens is 393 g/mol. The Morgan fingerprint density at radius 2 is 1.92 bits per heavy atom. The lowest BCUT2D eigenvalue weighted by atomic mass is 9.97. The highest BCUT2D eigenvalue weighted by molar-refractivity contribution is 7.88. The minimum absolute atomic E-state index is 0.158. The van der Waals surface area contributed by atoms with Gasteiger partial charge in [-0.25, -0.2) is 17.7 Å². The lowest BCUT2D eigenvalue weighted by molar-refractivity contribution is -0.120. The minimum Gasteiger partial charge on any atom is -0.302 e. The zero-order valence-corrected chi connectivity index (χ0v) is 15.9. The zero-order chi connectivity index (χ0) is 17.5. The van der Waals surface area contributed by atoms with E-state index < -0.39 is 10.0 Å². The normalized spacial score (nSPS) is 17.3. The lowest BCUT2D eigenvalue weighted by Gasteiger charge is -2.29. The number of hydrogen-bond donors (Lipinski definition) is 1. The fourth-order valence-electron chi connectivity index (χ4n) is 2.66. The van der Waals surface area contributed by atoms with Crippen LogP contribution in [0.5, 0.6) is 0 Å². The van der Waals surface area contributed by atoms with E-state index in [1.807, 2.05) is 0 Å². The number of carbonyl (C=O) groups is 1. The second-order valence-electron chi connectivity index (χ2n) is 5.65. The quantitative estimate of drug-likeness (QED) is 0.846. The lowest BCUT2D eigenvalue weighted by Crippen LogP contribution is -2.40. The van der Waals surface area contributed by atoms with E-state index in [2.05, 4.69) is 10.3 Å². The molecule has 1 amide bonds. The standard InChI is InChI=1S/C14H15Cl2N3O3S2/c1-24(21,22)19-6-4-8(5-7-19)13(20)18-14-17-11-9(15)2-3-10(16)12(11)23-14/h2-3,8H,4-7H2,1H3,(H,17,18,20). The summed E-state index contributed by atoms with van der Waals surface area (Å²) in [5, 5.41) is 4.25. The molecule has 6 nitrogen and oxygen atoms in total. The Balaban J connectivity index is 1.70. The largest absolute Gasteiger partial charge is 0.302 e. The number of anilines is 1. The van der Waals surface area contributed by atoms with Gasteiger partial charge in [-0.3, -0.25) is 4.79 Å². The number of sulfonamides is 1. The monoisotopic (exact) mass is 407 g/mol. The van der Waals surface area contributed by atoms with Crippen LogP contribution in [0.2, 0.25) is 10.0 Å². The van der Waals surface area contributed by atoms with E-state index in [1.165, 1.54) is 21.9 Å². The predicted octanol–water partition coefficient (Wildman–Crippen LogP) is 3.21. The van der Waals surface area contributed by atoms with Crippen molar-refractivity contribution in [2.75, 3.05) is 24.7 Å². The number of carbonyl (C=O) groups excluding carboxylic acids is 1. The third kappa shape index (κ3) is 3.67. The molecule has 2 aromatic rings. The molecule has 24 heavy (non-hydrogen) atoms. The number of aromatic nitrogens is 1. The first-order valence-electron chi connectivity index (χ1n) is 7.26. The number of hydrogen-bond acceptors (Lipinski definition) is 5. The number of thiazole rings is 1. The average Bonchev–Trinajstić information content (AvgIpc) is 2.95. The van der Waals surface area contributed by atoms with E-state index in [1.54, 1.807) is 12.1 Å². The summed E-state index contributed by atoms with van der Waals surface area (Å²) in [6.07, 6.45) is 2.17. The zero-order valence-electron chi connectivity index (χ0n) is 12.8. The third-order valence-corrected chi connectivity index (χ3v) is 7.01. The molecule has 1 aliphatic heterocycles. The summed E-state index contributed by atoms with van der Waals surface area (Å²) < 4.78 is 25.1. The van der Waals surface area contributed by atoms with Crippen molar-refractivity contribution in [2.24, 2.45) is 5.92 Å². The molecule has 0 spiro atoms. The number of halogens is 2. The molecule has 1 fully saturated rings. The number of amides is 1. The number of fused-ring (bicyclic) bond motifs is 1. The van der Waals surface area contributed by atoms with Crippen molar-refractivity contribution in [3.63, 3.8) is 0 Å². The number of benzene rings is 1. The van der Waals surface area contributed by atoms with Gasteiger partial charge in [-0.05, 0) is 25.0 Å². The molecule has 2 heterocycles. The number of piperidine rings is 1. The van der Waals surface area contributed by atoms with Crippen LogP contribution in [0.25, 0.3) is 10.2 Å². The predicted molar refractivity (Wildman–Crippen MR) is 97.4 cm³/mol. The van der Waals surface area contributed by atoms with Crippen molar-refractivity contribution < 1.29 is 13.2 Å². The van der Waals surface area contributed by atoms with Crippen LogP contribution in [0.4, 0.5) is 5.13 Å². The number of rotatable bonds is 3. The summed E-state index contributed by atoms with van der Waals surface area (Å²) in [6.45, 7) is 0.711. The summed E-state index contributed by atoms with van der Waals surface area (Å²) in [6, 6.07) is 3.36. The molecule has 0 aliphatic carbocycles. The molecule has 10 heteroatoms. The van der Waals surface area contributed by atoms with Gasteiger partial charge in [0.15, 0.2) is 5.13 Å². The molecule has 0 atom stereocenters. The highest BCUT2D eigenvalue weighted by Crippen LogP contribution is 2.36. The van der Waals surface area contributed by atoms with E-state index in [0.29, 0.717) is 46.6 Å². The van der Waals surface area contributed by atoms with Crippen molar-refractivity contribution in [3.05, 3.63) is 22.2 Å². The molecule has 0 radical (unpaired) electrons. The smallest absolute Gasteiger partial charge is 0.229 e. The van der Waals surface area contributed by atoms with E-state index in [-0.39, 0.29) is 11.8 Å². The van der Waals surface area contributed by atoms with Crippen LogP contribution >= 0.6 is 34.5 Å². The fourth-order valence-corrected chi connectivity index (χ4v) is 4.95. The molecule has 1 saturated heterocycles. The van der Waals surface area contributed by atoms with Gasteiger partial charge in [0.2, 0.25) is 15.9 Å². The van der Waals surface area contributed by atoms with Crippen LogP contribution in [0.3, 0.4) is 0 Å². The van der Waals surface area contributed by atoms with Crippen molar-refractivity contribution >= 4 is 65.8 Å². The highest BCUT2D eigenvalue weighted by Gasteiger charge is 2.29. The molecule has 3 rings (SSSR count).